The Morgan fingerprint density at radius 2 is 1.80 bits per heavy atom. The van der Waals surface area contributed by atoms with Gasteiger partial charge in [0.05, 0.1) is 5.38 Å². The topological polar surface area (TPSA) is 3.24 Å². The number of rotatable bonds is 3. The van der Waals surface area contributed by atoms with Gasteiger partial charge in [0.15, 0.2) is 0 Å². The van der Waals surface area contributed by atoms with Crippen molar-refractivity contribution in [1.29, 1.82) is 0 Å². The lowest BCUT2D eigenvalue weighted by molar-refractivity contribution is 0.339. The molecule has 0 spiro atoms. The third-order valence-corrected chi connectivity index (χ3v) is 3.45. The molecule has 1 nitrogen and oxygen atoms in total. The van der Waals surface area contributed by atoms with E-state index in [4.69, 9.17) is 11.6 Å². The van der Waals surface area contributed by atoms with E-state index in [0.29, 0.717) is 0 Å². The summed E-state index contributed by atoms with van der Waals surface area (Å²) in [7, 11) is 0. The molecule has 0 radical (unpaired) electrons. The molecule has 0 aliphatic carbocycles. The molecule has 0 N–H and O–H groups in total. The van der Waals surface area contributed by atoms with Crippen LogP contribution in [-0.2, 0) is 0 Å². The van der Waals surface area contributed by atoms with E-state index in [-0.39, 0.29) is 5.38 Å². The molecule has 2 heteroatoms. The molecule has 0 amide bonds. The second-order valence-corrected chi connectivity index (χ2v) is 4.91. The number of hydrogen-bond acceptors (Lipinski definition) is 1. The fraction of sp³-hybridized carbons (Fsp3) is 0.538. The summed E-state index contributed by atoms with van der Waals surface area (Å²) in [6, 6.07) is 8.55. The van der Waals surface area contributed by atoms with Gasteiger partial charge in [0.25, 0.3) is 0 Å². The Hall–Kier alpha value is -0.530. The number of halogens is 1. The van der Waals surface area contributed by atoms with E-state index in [1.807, 2.05) is 0 Å². The summed E-state index contributed by atoms with van der Waals surface area (Å²) in [6.07, 6.45) is 2.66. The molecule has 1 unspecified atom stereocenters. The Kier molecular flexibility index (Phi) is 3.66. The zero-order valence-electron chi connectivity index (χ0n) is 9.25. The highest BCUT2D eigenvalue weighted by Gasteiger charge is 2.16. The van der Waals surface area contributed by atoms with Crippen LogP contribution in [0.1, 0.15) is 29.3 Å². The number of hydrogen-bond donors (Lipinski definition) is 0. The molecular weight excluding hydrogens is 206 g/mol. The maximum absolute atomic E-state index is 6.40. The minimum absolute atomic E-state index is 0.142. The van der Waals surface area contributed by atoms with Gasteiger partial charge in [-0.05, 0) is 38.4 Å². The molecule has 82 valence electrons. The molecule has 1 aromatic rings. The largest absolute Gasteiger partial charge is 0.302 e. The van der Waals surface area contributed by atoms with E-state index in [1.165, 1.54) is 37.1 Å². The summed E-state index contributed by atoms with van der Waals surface area (Å²) in [6.45, 7) is 5.53. The molecule has 1 aliphatic rings. The highest BCUT2D eigenvalue weighted by Crippen LogP contribution is 2.23. The van der Waals surface area contributed by atoms with Gasteiger partial charge in [-0.15, -0.1) is 11.6 Å². The molecule has 1 saturated heterocycles. The first-order valence-corrected chi connectivity index (χ1v) is 6.12. The van der Waals surface area contributed by atoms with E-state index >= 15 is 0 Å². The van der Waals surface area contributed by atoms with Crippen LogP contribution in [-0.4, -0.2) is 24.5 Å². The van der Waals surface area contributed by atoms with Crippen LogP contribution in [0.3, 0.4) is 0 Å². The van der Waals surface area contributed by atoms with Gasteiger partial charge in [0.1, 0.15) is 0 Å². The lowest BCUT2D eigenvalue weighted by atomic mass is 10.1. The number of nitrogens with zero attached hydrogens (tertiary/aromatic N) is 1. The van der Waals surface area contributed by atoms with E-state index in [2.05, 4.69) is 36.1 Å². The van der Waals surface area contributed by atoms with E-state index in [0.717, 1.165) is 6.54 Å². The molecule has 1 atom stereocenters. The quantitative estimate of drug-likeness (QED) is 0.711. The number of likely N-dealkylation sites (tertiary alicyclic amines) is 1. The predicted molar refractivity (Wildman–Crippen MR) is 65.4 cm³/mol. The van der Waals surface area contributed by atoms with Crippen molar-refractivity contribution in [3.63, 3.8) is 0 Å². The standard InChI is InChI=1S/C13H18ClN/c1-11-4-6-12(7-5-11)13(14)10-15-8-2-3-9-15/h4-7,13H,2-3,8-10H2,1H3. The third-order valence-electron chi connectivity index (χ3n) is 3.06. The molecule has 15 heavy (non-hydrogen) atoms. The molecule has 0 aromatic heterocycles. The van der Waals surface area contributed by atoms with Crippen LogP contribution in [0.2, 0.25) is 0 Å². The zero-order valence-corrected chi connectivity index (χ0v) is 10.0. The molecule has 0 saturated carbocycles. The first-order chi connectivity index (χ1) is 7.25. The van der Waals surface area contributed by atoms with Crippen LogP contribution in [0, 0.1) is 6.92 Å². The zero-order chi connectivity index (χ0) is 10.7. The minimum Gasteiger partial charge on any atom is -0.302 e. The Balaban J connectivity index is 1.94. The van der Waals surface area contributed by atoms with Crippen LogP contribution in [0.4, 0.5) is 0 Å². The van der Waals surface area contributed by atoms with Crippen molar-refractivity contribution >= 4 is 11.6 Å². The second-order valence-electron chi connectivity index (χ2n) is 4.39. The predicted octanol–water partition coefficient (Wildman–Crippen LogP) is 3.37. The average Bonchev–Trinajstić information content (AvgIpc) is 2.71. The van der Waals surface area contributed by atoms with Crippen molar-refractivity contribution in [3.8, 4) is 0 Å². The highest BCUT2D eigenvalue weighted by molar-refractivity contribution is 6.21. The molecule has 1 fully saturated rings. The van der Waals surface area contributed by atoms with Crippen molar-refractivity contribution in [2.24, 2.45) is 0 Å². The fourth-order valence-electron chi connectivity index (χ4n) is 2.07. The van der Waals surface area contributed by atoms with Gasteiger partial charge in [0.2, 0.25) is 0 Å². The fourth-order valence-corrected chi connectivity index (χ4v) is 2.41. The Morgan fingerprint density at radius 1 is 1.20 bits per heavy atom. The molecule has 1 aliphatic heterocycles. The second kappa shape index (κ2) is 5.00. The Morgan fingerprint density at radius 3 is 2.40 bits per heavy atom. The van der Waals surface area contributed by atoms with Gasteiger partial charge in [-0.2, -0.15) is 0 Å². The summed E-state index contributed by atoms with van der Waals surface area (Å²) in [5.41, 5.74) is 2.54. The SMILES string of the molecule is Cc1ccc(C(Cl)CN2CCCC2)cc1. The Labute approximate surface area is 97.0 Å². The molecule has 2 rings (SSSR count). The van der Waals surface area contributed by atoms with E-state index < -0.39 is 0 Å². The van der Waals surface area contributed by atoms with E-state index in [1.54, 1.807) is 0 Å². The average molecular weight is 224 g/mol. The molecular formula is C13H18ClN. The molecule has 0 bridgehead atoms. The van der Waals surface area contributed by atoms with Crippen molar-refractivity contribution < 1.29 is 0 Å². The third kappa shape index (κ3) is 2.96. The number of aryl methyl sites for hydroxylation is 1. The van der Waals surface area contributed by atoms with Gasteiger partial charge < -0.3 is 4.90 Å². The summed E-state index contributed by atoms with van der Waals surface area (Å²) < 4.78 is 0. The van der Waals surface area contributed by atoms with Crippen LogP contribution >= 0.6 is 11.6 Å². The molecule has 1 aromatic carbocycles. The van der Waals surface area contributed by atoms with Crippen molar-refractivity contribution in [1.82, 2.24) is 4.90 Å². The van der Waals surface area contributed by atoms with Crippen molar-refractivity contribution in [2.75, 3.05) is 19.6 Å². The first-order valence-electron chi connectivity index (χ1n) is 5.69. The maximum Gasteiger partial charge on any atom is 0.0712 e. The summed E-state index contributed by atoms with van der Waals surface area (Å²) in [5, 5.41) is 0.142. The minimum atomic E-state index is 0.142. The van der Waals surface area contributed by atoms with E-state index in [9.17, 15) is 0 Å². The van der Waals surface area contributed by atoms with Crippen molar-refractivity contribution in [3.05, 3.63) is 35.4 Å². The van der Waals surface area contributed by atoms with Gasteiger partial charge in [-0.25, -0.2) is 0 Å². The first kappa shape index (κ1) is 11.0. The number of alkyl halides is 1. The monoisotopic (exact) mass is 223 g/mol. The van der Waals surface area contributed by atoms with Gasteiger partial charge in [-0.3, -0.25) is 0 Å². The lowest BCUT2D eigenvalue weighted by Crippen LogP contribution is -2.23. The maximum atomic E-state index is 6.40. The summed E-state index contributed by atoms with van der Waals surface area (Å²) in [4.78, 5) is 2.46. The molecule has 1 heterocycles. The van der Waals surface area contributed by atoms with Crippen LogP contribution in [0.5, 0.6) is 0 Å². The Bertz CT molecular complexity index is 301. The van der Waals surface area contributed by atoms with Crippen LogP contribution in [0.15, 0.2) is 24.3 Å². The van der Waals surface area contributed by atoms with Gasteiger partial charge >= 0.3 is 0 Å². The smallest absolute Gasteiger partial charge is 0.0712 e. The number of benzene rings is 1. The van der Waals surface area contributed by atoms with Gasteiger partial charge in [-0.1, -0.05) is 29.8 Å². The van der Waals surface area contributed by atoms with Crippen LogP contribution < -0.4 is 0 Å². The lowest BCUT2D eigenvalue weighted by Gasteiger charge is -2.18. The summed E-state index contributed by atoms with van der Waals surface area (Å²) >= 11 is 6.40. The van der Waals surface area contributed by atoms with Crippen molar-refractivity contribution in [2.45, 2.75) is 25.1 Å². The van der Waals surface area contributed by atoms with Crippen LogP contribution in [0.25, 0.3) is 0 Å². The summed E-state index contributed by atoms with van der Waals surface area (Å²) in [5.74, 6) is 0. The van der Waals surface area contributed by atoms with Gasteiger partial charge in [0, 0.05) is 6.54 Å². The normalized spacial score (nSPS) is 19.3. The highest BCUT2D eigenvalue weighted by atomic mass is 35.5.